The first kappa shape index (κ1) is 17.5. The fourth-order valence-corrected chi connectivity index (χ4v) is 4.01. The third-order valence-corrected chi connectivity index (χ3v) is 5.65. The highest BCUT2D eigenvalue weighted by atomic mass is 35.5. The molecule has 2 aromatic heterocycles. The first-order valence-corrected chi connectivity index (χ1v) is 8.81. The Balaban J connectivity index is 2.09. The molecule has 0 unspecified atom stereocenters. The van der Waals surface area contributed by atoms with Crippen molar-refractivity contribution in [3.8, 4) is 5.75 Å². The molecule has 130 valence electrons. The van der Waals surface area contributed by atoms with Crippen molar-refractivity contribution < 1.29 is 14.6 Å². The molecule has 0 fully saturated rings. The maximum absolute atomic E-state index is 11.7. The van der Waals surface area contributed by atoms with Crippen LogP contribution in [0.4, 0.5) is 5.69 Å². The Kier molecular flexibility index (Phi) is 4.83. The lowest BCUT2D eigenvalue weighted by molar-refractivity contribution is 0.0703. The molecule has 5 nitrogen and oxygen atoms in total. The number of benzene rings is 1. The predicted molar refractivity (Wildman–Crippen MR) is 101 cm³/mol. The number of thiophene rings is 1. The van der Waals surface area contributed by atoms with E-state index in [1.54, 1.807) is 7.11 Å². The van der Waals surface area contributed by atoms with Crippen molar-refractivity contribution in [2.75, 3.05) is 12.4 Å². The van der Waals surface area contributed by atoms with Gasteiger partial charge in [-0.2, -0.15) is 0 Å². The molecule has 0 aliphatic heterocycles. The molecule has 0 amide bonds. The smallest absolute Gasteiger partial charge is 0.348 e. The Morgan fingerprint density at radius 2 is 2.08 bits per heavy atom. The maximum Gasteiger partial charge on any atom is 0.348 e. The van der Waals surface area contributed by atoms with Gasteiger partial charge in [-0.25, -0.2) is 9.78 Å². The number of aryl methyl sites for hydroxylation is 2. The first-order chi connectivity index (χ1) is 11.9. The quantitative estimate of drug-likeness (QED) is 0.663. The highest BCUT2D eigenvalue weighted by Crippen LogP contribution is 2.40. The van der Waals surface area contributed by atoms with E-state index in [2.05, 4.69) is 10.3 Å². The zero-order valence-electron chi connectivity index (χ0n) is 14.0. The van der Waals surface area contributed by atoms with E-state index in [1.165, 1.54) is 0 Å². The summed E-state index contributed by atoms with van der Waals surface area (Å²) in [7, 11) is 1.61. The molecule has 0 bridgehead atoms. The van der Waals surface area contributed by atoms with Crippen LogP contribution in [-0.4, -0.2) is 23.2 Å². The number of halogens is 1. The molecule has 3 aromatic rings. The highest BCUT2D eigenvalue weighted by molar-refractivity contribution is 7.21. The van der Waals surface area contributed by atoms with Crippen LogP contribution in [0.2, 0.25) is 5.02 Å². The van der Waals surface area contributed by atoms with E-state index < -0.39 is 5.97 Å². The molecule has 1 aromatic carbocycles. The summed E-state index contributed by atoms with van der Waals surface area (Å²) >= 11 is 7.48. The molecule has 0 aliphatic rings. The largest absolute Gasteiger partial charge is 0.496 e. The van der Waals surface area contributed by atoms with Gasteiger partial charge in [-0.1, -0.05) is 29.8 Å². The number of ether oxygens (including phenoxy) is 1. The average molecular weight is 377 g/mol. The number of hydrogen-bond acceptors (Lipinski definition) is 5. The molecular formula is C18H17ClN2O3S. The summed E-state index contributed by atoms with van der Waals surface area (Å²) < 4.78 is 5.35. The monoisotopic (exact) mass is 376 g/mol. The number of pyridine rings is 1. The molecule has 0 atom stereocenters. The molecule has 0 radical (unpaired) electrons. The highest BCUT2D eigenvalue weighted by Gasteiger charge is 2.22. The summed E-state index contributed by atoms with van der Waals surface area (Å²) in [5.74, 6) is -0.242. The van der Waals surface area contributed by atoms with Gasteiger partial charge >= 0.3 is 5.97 Å². The van der Waals surface area contributed by atoms with Crippen molar-refractivity contribution in [2.24, 2.45) is 0 Å². The first-order valence-electron chi connectivity index (χ1n) is 7.62. The van der Waals surface area contributed by atoms with Crippen LogP contribution >= 0.6 is 22.9 Å². The van der Waals surface area contributed by atoms with Crippen LogP contribution in [0.15, 0.2) is 24.3 Å². The molecule has 25 heavy (non-hydrogen) atoms. The van der Waals surface area contributed by atoms with Gasteiger partial charge < -0.3 is 15.2 Å². The second kappa shape index (κ2) is 6.90. The van der Waals surface area contributed by atoms with Gasteiger partial charge in [-0.3, -0.25) is 0 Å². The number of aromatic carboxylic acids is 1. The standard InChI is InChI=1S/C18H17ClN2O3S/c1-9-13-15(20-8-11-6-4-5-7-12(11)24-3)16(18(22)23)25-17(13)21-10(2)14(9)19/h4-7,20H,8H2,1-3H3,(H,22,23). The Hall–Kier alpha value is -2.31. The van der Waals surface area contributed by atoms with E-state index in [9.17, 15) is 9.90 Å². The summed E-state index contributed by atoms with van der Waals surface area (Å²) in [6.07, 6.45) is 0. The van der Waals surface area contributed by atoms with E-state index in [-0.39, 0.29) is 4.88 Å². The van der Waals surface area contributed by atoms with Crippen LogP contribution in [0.25, 0.3) is 10.2 Å². The van der Waals surface area contributed by atoms with Crippen LogP contribution in [0, 0.1) is 13.8 Å². The van der Waals surface area contributed by atoms with Crippen molar-refractivity contribution in [3.63, 3.8) is 0 Å². The van der Waals surface area contributed by atoms with E-state index in [4.69, 9.17) is 16.3 Å². The fourth-order valence-electron chi connectivity index (χ4n) is 2.78. The Morgan fingerprint density at radius 1 is 1.36 bits per heavy atom. The van der Waals surface area contributed by atoms with Gasteiger partial charge in [0.1, 0.15) is 15.5 Å². The molecule has 7 heteroatoms. The van der Waals surface area contributed by atoms with Gasteiger partial charge in [0.25, 0.3) is 0 Å². The summed E-state index contributed by atoms with van der Waals surface area (Å²) in [6, 6.07) is 7.61. The minimum Gasteiger partial charge on any atom is -0.496 e. The van der Waals surface area contributed by atoms with Crippen molar-refractivity contribution in [3.05, 3.63) is 51.0 Å². The van der Waals surface area contributed by atoms with E-state index in [0.717, 1.165) is 33.6 Å². The number of nitrogens with zero attached hydrogens (tertiary/aromatic N) is 1. The molecule has 0 aliphatic carbocycles. The second-order valence-corrected chi connectivity index (χ2v) is 6.97. The molecule has 3 rings (SSSR count). The molecular weight excluding hydrogens is 360 g/mol. The third-order valence-electron chi connectivity index (χ3n) is 4.02. The lowest BCUT2D eigenvalue weighted by Crippen LogP contribution is -2.05. The summed E-state index contributed by atoms with van der Waals surface area (Å²) in [5.41, 5.74) is 3.01. The number of carbonyl (C=O) groups is 1. The van der Waals surface area contributed by atoms with Crippen molar-refractivity contribution in [2.45, 2.75) is 20.4 Å². The number of carboxylic acid groups (broad SMARTS) is 1. The number of nitrogens with one attached hydrogen (secondary N) is 1. The second-order valence-electron chi connectivity index (χ2n) is 5.59. The zero-order valence-corrected chi connectivity index (χ0v) is 15.6. The molecule has 0 spiro atoms. The van der Waals surface area contributed by atoms with Crippen molar-refractivity contribution in [1.29, 1.82) is 0 Å². The molecule has 0 saturated carbocycles. The van der Waals surface area contributed by atoms with Crippen molar-refractivity contribution in [1.82, 2.24) is 4.98 Å². The Morgan fingerprint density at radius 3 is 2.76 bits per heavy atom. The van der Waals surface area contributed by atoms with Crippen LogP contribution in [0.5, 0.6) is 5.75 Å². The van der Waals surface area contributed by atoms with Gasteiger partial charge in [0, 0.05) is 17.5 Å². The van der Waals surface area contributed by atoms with E-state index >= 15 is 0 Å². The number of para-hydroxylation sites is 1. The minimum atomic E-state index is -0.987. The normalized spacial score (nSPS) is 10.9. The number of methoxy groups -OCH3 is 1. The average Bonchev–Trinajstić information content (AvgIpc) is 2.96. The number of aromatic nitrogens is 1. The number of carboxylic acids is 1. The third kappa shape index (κ3) is 3.15. The number of anilines is 1. The zero-order chi connectivity index (χ0) is 18.1. The van der Waals surface area contributed by atoms with Crippen LogP contribution in [-0.2, 0) is 6.54 Å². The van der Waals surface area contributed by atoms with Gasteiger partial charge in [0.2, 0.25) is 0 Å². The van der Waals surface area contributed by atoms with Crippen LogP contribution in [0.3, 0.4) is 0 Å². The Labute approximate surface area is 154 Å². The lowest BCUT2D eigenvalue weighted by Gasteiger charge is -2.12. The van der Waals surface area contributed by atoms with Gasteiger partial charge in [-0.15, -0.1) is 11.3 Å². The van der Waals surface area contributed by atoms with Gasteiger partial charge in [-0.05, 0) is 25.5 Å². The topological polar surface area (TPSA) is 71.5 Å². The van der Waals surface area contributed by atoms with E-state index in [0.29, 0.717) is 27.8 Å². The number of fused-ring (bicyclic) bond motifs is 1. The van der Waals surface area contributed by atoms with Crippen LogP contribution < -0.4 is 10.1 Å². The molecule has 2 N–H and O–H groups in total. The van der Waals surface area contributed by atoms with Crippen LogP contribution in [0.1, 0.15) is 26.5 Å². The maximum atomic E-state index is 11.7. The van der Waals surface area contributed by atoms with Crippen molar-refractivity contribution >= 4 is 44.8 Å². The van der Waals surface area contributed by atoms with Gasteiger partial charge in [0.05, 0.1) is 23.5 Å². The predicted octanol–water partition coefficient (Wildman–Crippen LogP) is 4.89. The molecule has 0 saturated heterocycles. The minimum absolute atomic E-state index is 0.224. The lowest BCUT2D eigenvalue weighted by atomic mass is 10.1. The summed E-state index contributed by atoms with van der Waals surface area (Å²) in [6.45, 7) is 4.13. The summed E-state index contributed by atoms with van der Waals surface area (Å²) in [5, 5.41) is 14.1. The fraction of sp³-hybridized carbons (Fsp3) is 0.222. The number of hydrogen-bond donors (Lipinski definition) is 2. The summed E-state index contributed by atoms with van der Waals surface area (Å²) in [4.78, 5) is 17.0. The van der Waals surface area contributed by atoms with Gasteiger partial charge in [0.15, 0.2) is 0 Å². The Bertz CT molecular complexity index is 969. The number of rotatable bonds is 5. The molecule has 2 heterocycles. The SMILES string of the molecule is COc1ccccc1CNc1c(C(=O)O)sc2nc(C)c(Cl)c(C)c12. The van der Waals surface area contributed by atoms with E-state index in [1.807, 2.05) is 38.1 Å².